The van der Waals surface area contributed by atoms with Gasteiger partial charge in [-0.1, -0.05) is 0 Å². The number of hydrogen-bond acceptors (Lipinski definition) is 5. The lowest BCUT2D eigenvalue weighted by Gasteiger charge is -2.09. The summed E-state index contributed by atoms with van der Waals surface area (Å²) >= 11 is 0. The predicted octanol–water partition coefficient (Wildman–Crippen LogP) is 0.136. The molecule has 0 unspecified atom stereocenters. The fourth-order valence-electron chi connectivity index (χ4n) is 1.15. The van der Waals surface area contributed by atoms with E-state index in [1.54, 1.807) is 12.1 Å². The van der Waals surface area contributed by atoms with Gasteiger partial charge in [-0.3, -0.25) is 0 Å². The first kappa shape index (κ1) is 12.1. The Morgan fingerprint density at radius 1 is 1.44 bits per heavy atom. The van der Waals surface area contributed by atoms with Gasteiger partial charge in [0.05, 0.1) is 6.61 Å². The van der Waals surface area contributed by atoms with Crippen molar-refractivity contribution in [2.45, 2.75) is 0 Å². The maximum Gasteiger partial charge on any atom is 0.341 e. The zero-order valence-corrected chi connectivity index (χ0v) is 8.64. The van der Waals surface area contributed by atoms with E-state index in [-0.39, 0.29) is 6.61 Å². The number of carboxylic acid groups (broad SMARTS) is 1. The maximum atomic E-state index is 10.3. The molecule has 0 amide bonds. The second-order valence-corrected chi connectivity index (χ2v) is 3.12. The molecule has 0 aliphatic rings. The van der Waals surface area contributed by atoms with Crippen LogP contribution in [-0.2, 0) is 4.79 Å². The Bertz CT molecular complexity index is 368. The summed E-state index contributed by atoms with van der Waals surface area (Å²) in [4.78, 5) is 10.3. The highest BCUT2D eigenvalue weighted by Gasteiger charge is 2.02. The number of ether oxygens (including phenoxy) is 1. The molecule has 5 N–H and O–H groups in total. The Morgan fingerprint density at radius 2 is 2.19 bits per heavy atom. The molecule has 0 spiro atoms. The van der Waals surface area contributed by atoms with Gasteiger partial charge in [-0.2, -0.15) is 0 Å². The summed E-state index contributed by atoms with van der Waals surface area (Å²) in [7, 11) is 0. The summed E-state index contributed by atoms with van der Waals surface area (Å²) < 4.78 is 4.99. The molecule has 1 rings (SSSR count). The van der Waals surface area contributed by atoms with Crippen molar-refractivity contribution in [3.05, 3.63) is 18.2 Å². The zero-order valence-electron chi connectivity index (χ0n) is 8.64. The molecule has 1 aromatic carbocycles. The molecule has 0 radical (unpaired) electrons. The molecule has 88 valence electrons. The molecule has 0 bridgehead atoms. The summed E-state index contributed by atoms with van der Waals surface area (Å²) in [6.07, 6.45) is 0. The van der Waals surface area contributed by atoms with Gasteiger partial charge in [-0.15, -0.1) is 0 Å². The molecular formula is C10H14N2O4. The fraction of sp³-hybridized carbons (Fsp3) is 0.300. The Hall–Kier alpha value is -1.95. The van der Waals surface area contributed by atoms with Crippen molar-refractivity contribution >= 4 is 17.3 Å². The van der Waals surface area contributed by atoms with Gasteiger partial charge in [0, 0.05) is 30.1 Å². The summed E-state index contributed by atoms with van der Waals surface area (Å²) in [5.74, 6) is -0.671. The van der Waals surface area contributed by atoms with E-state index < -0.39 is 12.6 Å². The molecular weight excluding hydrogens is 212 g/mol. The molecule has 0 aliphatic carbocycles. The number of rotatable bonds is 6. The van der Waals surface area contributed by atoms with Gasteiger partial charge in [-0.05, 0) is 6.07 Å². The topological polar surface area (TPSA) is 105 Å². The van der Waals surface area contributed by atoms with Crippen LogP contribution in [0, 0.1) is 0 Å². The monoisotopic (exact) mass is 226 g/mol. The van der Waals surface area contributed by atoms with Crippen molar-refractivity contribution in [2.24, 2.45) is 0 Å². The van der Waals surface area contributed by atoms with Crippen LogP contribution in [0.4, 0.5) is 11.4 Å². The van der Waals surface area contributed by atoms with Crippen LogP contribution in [0.15, 0.2) is 18.2 Å². The lowest BCUT2D eigenvalue weighted by Crippen LogP contribution is -2.10. The number of nitrogens with one attached hydrogen (secondary N) is 1. The molecule has 6 heteroatoms. The average Bonchev–Trinajstić information content (AvgIpc) is 2.23. The Labute approximate surface area is 92.6 Å². The van der Waals surface area contributed by atoms with Crippen molar-refractivity contribution in [3.8, 4) is 5.75 Å². The molecule has 0 fully saturated rings. The zero-order chi connectivity index (χ0) is 12.0. The molecule has 0 saturated heterocycles. The van der Waals surface area contributed by atoms with Crippen LogP contribution >= 0.6 is 0 Å². The smallest absolute Gasteiger partial charge is 0.341 e. The van der Waals surface area contributed by atoms with Crippen molar-refractivity contribution < 1.29 is 19.7 Å². The largest absolute Gasteiger partial charge is 0.482 e. The standard InChI is InChI=1S/C10H14N2O4/c11-7-3-8(12-1-2-13)5-9(4-7)16-6-10(14)15/h3-5,12-13H,1-2,6,11H2,(H,14,15). The van der Waals surface area contributed by atoms with E-state index in [0.717, 1.165) is 0 Å². The number of hydrogen-bond donors (Lipinski definition) is 4. The third-order valence-electron chi connectivity index (χ3n) is 1.73. The highest BCUT2D eigenvalue weighted by Crippen LogP contribution is 2.22. The number of carbonyl (C=O) groups is 1. The normalized spacial score (nSPS) is 9.81. The van der Waals surface area contributed by atoms with E-state index in [2.05, 4.69) is 5.32 Å². The number of aliphatic hydroxyl groups excluding tert-OH is 1. The highest BCUT2D eigenvalue weighted by atomic mass is 16.5. The van der Waals surface area contributed by atoms with Gasteiger partial charge < -0.3 is 26.0 Å². The molecule has 6 nitrogen and oxygen atoms in total. The molecule has 0 aromatic heterocycles. The summed E-state index contributed by atoms with van der Waals surface area (Å²) in [5.41, 5.74) is 6.74. The first-order chi connectivity index (χ1) is 7.61. The Kier molecular flexibility index (Phi) is 4.41. The van der Waals surface area contributed by atoms with E-state index >= 15 is 0 Å². The van der Waals surface area contributed by atoms with E-state index in [4.69, 9.17) is 20.7 Å². The van der Waals surface area contributed by atoms with Gasteiger partial charge in [0.15, 0.2) is 6.61 Å². The van der Waals surface area contributed by atoms with E-state index in [9.17, 15) is 4.79 Å². The van der Waals surface area contributed by atoms with Crippen LogP contribution in [0.3, 0.4) is 0 Å². The van der Waals surface area contributed by atoms with Gasteiger partial charge in [0.2, 0.25) is 0 Å². The first-order valence-electron chi connectivity index (χ1n) is 4.71. The number of nitrogens with two attached hydrogens (primary N) is 1. The second kappa shape index (κ2) is 5.82. The van der Waals surface area contributed by atoms with E-state index in [1.807, 2.05) is 0 Å². The minimum absolute atomic E-state index is 0.000115. The lowest BCUT2D eigenvalue weighted by molar-refractivity contribution is -0.139. The average molecular weight is 226 g/mol. The summed E-state index contributed by atoms with van der Waals surface area (Å²) in [6.45, 7) is -0.0230. The van der Waals surface area contributed by atoms with Crippen molar-refractivity contribution in [1.29, 1.82) is 0 Å². The predicted molar refractivity (Wildman–Crippen MR) is 59.6 cm³/mol. The Balaban J connectivity index is 2.69. The molecule has 1 aromatic rings. The second-order valence-electron chi connectivity index (χ2n) is 3.12. The van der Waals surface area contributed by atoms with Gasteiger partial charge in [-0.25, -0.2) is 4.79 Å². The third kappa shape index (κ3) is 4.05. The minimum atomic E-state index is -1.05. The van der Waals surface area contributed by atoms with Crippen LogP contribution in [0.1, 0.15) is 0 Å². The van der Waals surface area contributed by atoms with Crippen molar-refractivity contribution in [1.82, 2.24) is 0 Å². The summed E-state index contributed by atoms with van der Waals surface area (Å²) in [6, 6.07) is 4.82. The first-order valence-corrected chi connectivity index (χ1v) is 4.71. The van der Waals surface area contributed by atoms with Gasteiger partial charge in [0.1, 0.15) is 5.75 Å². The van der Waals surface area contributed by atoms with Crippen molar-refractivity contribution in [2.75, 3.05) is 30.8 Å². The highest BCUT2D eigenvalue weighted by molar-refractivity contribution is 5.69. The number of carboxylic acids is 1. The SMILES string of the molecule is Nc1cc(NCCO)cc(OCC(=O)O)c1. The molecule has 16 heavy (non-hydrogen) atoms. The number of nitrogen functional groups attached to an aromatic ring is 1. The van der Waals surface area contributed by atoms with Crippen LogP contribution in [0.5, 0.6) is 5.75 Å². The number of aliphatic hydroxyl groups is 1. The minimum Gasteiger partial charge on any atom is -0.482 e. The Morgan fingerprint density at radius 3 is 2.81 bits per heavy atom. The lowest BCUT2D eigenvalue weighted by atomic mass is 10.2. The maximum absolute atomic E-state index is 10.3. The van der Waals surface area contributed by atoms with Crippen LogP contribution < -0.4 is 15.8 Å². The van der Waals surface area contributed by atoms with Crippen molar-refractivity contribution in [3.63, 3.8) is 0 Å². The van der Waals surface area contributed by atoms with Gasteiger partial charge >= 0.3 is 5.97 Å². The quantitative estimate of drug-likeness (QED) is 0.514. The van der Waals surface area contributed by atoms with Crippen LogP contribution in [0.2, 0.25) is 0 Å². The van der Waals surface area contributed by atoms with E-state index in [0.29, 0.717) is 23.7 Å². The fourth-order valence-corrected chi connectivity index (χ4v) is 1.15. The number of benzene rings is 1. The van der Waals surface area contributed by atoms with Crippen LogP contribution in [-0.4, -0.2) is 35.9 Å². The molecule has 0 aliphatic heterocycles. The molecule has 0 heterocycles. The number of aliphatic carboxylic acids is 1. The van der Waals surface area contributed by atoms with E-state index in [1.165, 1.54) is 6.07 Å². The van der Waals surface area contributed by atoms with Gasteiger partial charge in [0.25, 0.3) is 0 Å². The third-order valence-corrected chi connectivity index (χ3v) is 1.73. The summed E-state index contributed by atoms with van der Waals surface area (Å²) in [5, 5.41) is 20.0. The van der Waals surface area contributed by atoms with Crippen LogP contribution in [0.25, 0.3) is 0 Å². The number of anilines is 2. The molecule has 0 saturated carbocycles. The molecule has 0 atom stereocenters.